The van der Waals surface area contributed by atoms with Crippen LogP contribution in [0.2, 0.25) is 0 Å². The van der Waals surface area contributed by atoms with Gasteiger partial charge in [0.25, 0.3) is 11.7 Å². The summed E-state index contributed by atoms with van der Waals surface area (Å²) in [7, 11) is 3.90. The summed E-state index contributed by atoms with van der Waals surface area (Å²) in [5, 5.41) is 13.2. The lowest BCUT2D eigenvalue weighted by atomic mass is 9.97. The summed E-state index contributed by atoms with van der Waals surface area (Å²) in [5.74, 6) is -2.16. The number of hydrogen-bond donors (Lipinski definition) is 2. The van der Waals surface area contributed by atoms with Gasteiger partial charge in [0, 0.05) is 22.7 Å². The van der Waals surface area contributed by atoms with Gasteiger partial charge < -0.3 is 24.6 Å². The molecule has 0 bridgehead atoms. The van der Waals surface area contributed by atoms with Crippen LogP contribution in [0.4, 0.5) is 0 Å². The molecule has 0 unspecified atom stereocenters. The van der Waals surface area contributed by atoms with Crippen molar-refractivity contribution in [3.05, 3.63) is 50.5 Å². The van der Waals surface area contributed by atoms with Crippen molar-refractivity contribution in [3.63, 3.8) is 0 Å². The third kappa shape index (κ3) is 4.35. The minimum atomic E-state index is -0.719. The van der Waals surface area contributed by atoms with Crippen LogP contribution in [0.25, 0.3) is 5.76 Å². The molecule has 32 heavy (non-hydrogen) atoms. The number of aliphatic hydroxyl groups is 1. The van der Waals surface area contributed by atoms with Gasteiger partial charge in [-0.05, 0) is 64.8 Å². The van der Waals surface area contributed by atoms with E-state index < -0.39 is 23.7 Å². The Labute approximate surface area is 191 Å². The number of ketones is 1. The number of hydrogen-bond acceptors (Lipinski definition) is 7. The molecule has 1 aliphatic rings. The lowest BCUT2D eigenvalue weighted by Crippen LogP contribution is -2.32. The van der Waals surface area contributed by atoms with Crippen molar-refractivity contribution >= 4 is 34.8 Å². The summed E-state index contributed by atoms with van der Waals surface area (Å²) in [4.78, 5) is 45.6. The van der Waals surface area contributed by atoms with Crippen LogP contribution in [0.3, 0.4) is 0 Å². The predicted octanol–water partition coefficient (Wildman–Crippen LogP) is 3.24. The maximum Gasteiger partial charge on any atom is 0.355 e. The van der Waals surface area contributed by atoms with Crippen LogP contribution < -0.4 is 0 Å². The minimum Gasteiger partial charge on any atom is -0.507 e. The number of thiophene rings is 1. The molecule has 172 valence electrons. The van der Waals surface area contributed by atoms with Gasteiger partial charge in [0.2, 0.25) is 0 Å². The molecule has 0 aliphatic carbocycles. The fourth-order valence-electron chi connectivity index (χ4n) is 4.06. The summed E-state index contributed by atoms with van der Waals surface area (Å²) in [6.07, 6.45) is 0.692. The second-order valence-electron chi connectivity index (χ2n) is 8.01. The summed E-state index contributed by atoms with van der Waals surface area (Å²) in [6, 6.07) is 3.04. The van der Waals surface area contributed by atoms with E-state index >= 15 is 0 Å². The van der Waals surface area contributed by atoms with E-state index in [0.717, 1.165) is 11.4 Å². The van der Waals surface area contributed by atoms with Gasteiger partial charge in [0.1, 0.15) is 11.5 Å². The van der Waals surface area contributed by atoms with Crippen molar-refractivity contribution < 1.29 is 24.2 Å². The standard InChI is InChI=1S/C23H29N3O5S/c1-6-31-23(30)18-13(2)16(14(3)24-18)20(27)17-19(15-9-7-12-32-15)26(22(29)21(17)28)11-8-10-25(4)5/h7,9,12,19,24,27H,6,8,10-11H2,1-5H3/b20-17+/t19-/m1/s1. The molecule has 3 heterocycles. The number of likely N-dealkylation sites (tertiary alicyclic amines) is 1. The summed E-state index contributed by atoms with van der Waals surface area (Å²) >= 11 is 1.43. The number of carbonyl (C=O) groups is 3. The second-order valence-corrected chi connectivity index (χ2v) is 8.99. The number of nitrogens with one attached hydrogen (secondary N) is 1. The molecule has 1 aliphatic heterocycles. The number of esters is 1. The van der Waals surface area contributed by atoms with Crippen LogP contribution in [0.15, 0.2) is 23.1 Å². The summed E-state index contributed by atoms with van der Waals surface area (Å²) in [5.41, 5.74) is 1.61. The molecule has 3 rings (SSSR count). The number of ether oxygens (including phenoxy) is 1. The van der Waals surface area contributed by atoms with Crippen LogP contribution in [0.5, 0.6) is 0 Å². The van der Waals surface area contributed by atoms with Crippen molar-refractivity contribution in [2.75, 3.05) is 33.8 Å². The van der Waals surface area contributed by atoms with E-state index in [-0.39, 0.29) is 23.6 Å². The van der Waals surface area contributed by atoms with Gasteiger partial charge in [-0.2, -0.15) is 0 Å². The van der Waals surface area contributed by atoms with Crippen molar-refractivity contribution in [2.24, 2.45) is 0 Å². The molecule has 1 saturated heterocycles. The van der Waals surface area contributed by atoms with Crippen LogP contribution in [-0.2, 0) is 14.3 Å². The molecule has 2 aromatic heterocycles. The van der Waals surface area contributed by atoms with E-state index in [2.05, 4.69) is 4.98 Å². The third-order valence-electron chi connectivity index (χ3n) is 5.51. The van der Waals surface area contributed by atoms with Crippen molar-refractivity contribution in [2.45, 2.75) is 33.2 Å². The molecule has 0 aromatic carbocycles. The summed E-state index contributed by atoms with van der Waals surface area (Å²) < 4.78 is 5.08. The molecule has 9 heteroatoms. The smallest absolute Gasteiger partial charge is 0.355 e. The first-order valence-electron chi connectivity index (χ1n) is 10.5. The zero-order chi connectivity index (χ0) is 23.6. The number of rotatable bonds is 8. The number of carbonyl (C=O) groups excluding carboxylic acids is 3. The lowest BCUT2D eigenvalue weighted by molar-refractivity contribution is -0.139. The Morgan fingerprint density at radius 1 is 1.31 bits per heavy atom. The molecular weight excluding hydrogens is 430 g/mol. The molecule has 0 saturated carbocycles. The fraction of sp³-hybridized carbons (Fsp3) is 0.435. The van der Waals surface area contributed by atoms with Crippen LogP contribution in [0, 0.1) is 13.8 Å². The third-order valence-corrected chi connectivity index (χ3v) is 6.44. The van der Waals surface area contributed by atoms with E-state index in [1.165, 1.54) is 16.2 Å². The van der Waals surface area contributed by atoms with Gasteiger partial charge in [-0.15, -0.1) is 11.3 Å². The van der Waals surface area contributed by atoms with Gasteiger partial charge in [0.05, 0.1) is 18.2 Å². The first-order valence-corrected chi connectivity index (χ1v) is 11.4. The minimum absolute atomic E-state index is 0.0444. The summed E-state index contributed by atoms with van der Waals surface area (Å²) in [6.45, 7) is 6.47. The Morgan fingerprint density at radius 2 is 2.03 bits per heavy atom. The Bertz CT molecular complexity index is 1050. The normalized spacial score (nSPS) is 18.1. The molecule has 0 spiro atoms. The Balaban J connectivity index is 2.10. The molecule has 1 amide bonds. The number of aromatic amines is 1. The Hall–Kier alpha value is -2.91. The molecular formula is C23H29N3O5S. The number of H-pyrrole nitrogens is 1. The number of Topliss-reactive ketones (excluding diaryl/α,β-unsaturated/α-hetero) is 1. The number of aryl methyl sites for hydroxylation is 1. The van der Waals surface area contributed by atoms with E-state index in [0.29, 0.717) is 29.8 Å². The maximum atomic E-state index is 13.1. The molecule has 2 N–H and O–H groups in total. The lowest BCUT2D eigenvalue weighted by Gasteiger charge is -2.24. The van der Waals surface area contributed by atoms with Gasteiger partial charge >= 0.3 is 5.97 Å². The zero-order valence-corrected chi connectivity index (χ0v) is 19.8. The van der Waals surface area contributed by atoms with Gasteiger partial charge in [-0.3, -0.25) is 9.59 Å². The van der Waals surface area contributed by atoms with Crippen molar-refractivity contribution in [1.82, 2.24) is 14.8 Å². The van der Waals surface area contributed by atoms with E-state index in [1.807, 2.05) is 36.5 Å². The van der Waals surface area contributed by atoms with E-state index in [4.69, 9.17) is 4.74 Å². The highest BCUT2D eigenvalue weighted by atomic mass is 32.1. The molecule has 0 radical (unpaired) electrons. The van der Waals surface area contributed by atoms with Crippen LogP contribution >= 0.6 is 11.3 Å². The molecule has 8 nitrogen and oxygen atoms in total. The van der Waals surface area contributed by atoms with E-state index in [1.54, 1.807) is 20.8 Å². The largest absolute Gasteiger partial charge is 0.507 e. The van der Waals surface area contributed by atoms with Crippen LogP contribution in [-0.4, -0.2) is 71.3 Å². The average molecular weight is 460 g/mol. The highest BCUT2D eigenvalue weighted by molar-refractivity contribution is 7.10. The molecule has 1 atom stereocenters. The number of aliphatic hydroxyl groups excluding tert-OH is 1. The topological polar surface area (TPSA) is 103 Å². The highest BCUT2D eigenvalue weighted by Gasteiger charge is 2.46. The van der Waals surface area contributed by atoms with Gasteiger partial charge in [-0.1, -0.05) is 6.07 Å². The maximum absolute atomic E-state index is 13.1. The highest BCUT2D eigenvalue weighted by Crippen LogP contribution is 2.42. The SMILES string of the molecule is CCOC(=O)c1[nH]c(C)c(/C(O)=C2\C(=O)C(=O)N(CCCN(C)C)[C@@H]2c2cccs2)c1C. The van der Waals surface area contributed by atoms with Gasteiger partial charge in [0.15, 0.2) is 0 Å². The Kier molecular flexibility index (Phi) is 7.20. The monoisotopic (exact) mass is 459 g/mol. The van der Waals surface area contributed by atoms with Crippen LogP contribution in [0.1, 0.15) is 51.6 Å². The first kappa shape index (κ1) is 23.7. The fourth-order valence-corrected chi connectivity index (χ4v) is 4.90. The van der Waals surface area contributed by atoms with Crippen molar-refractivity contribution in [1.29, 1.82) is 0 Å². The number of amides is 1. The second kappa shape index (κ2) is 9.70. The Morgan fingerprint density at radius 3 is 2.62 bits per heavy atom. The predicted molar refractivity (Wildman–Crippen MR) is 123 cm³/mol. The van der Waals surface area contributed by atoms with Gasteiger partial charge in [-0.25, -0.2) is 4.79 Å². The first-order chi connectivity index (χ1) is 15.2. The molecule has 2 aromatic rings. The number of nitrogens with zero attached hydrogens (tertiary/aromatic N) is 2. The quantitative estimate of drug-likeness (QED) is 0.272. The zero-order valence-electron chi connectivity index (χ0n) is 19.0. The molecule has 1 fully saturated rings. The van der Waals surface area contributed by atoms with Crippen molar-refractivity contribution in [3.8, 4) is 0 Å². The number of aromatic nitrogens is 1. The van der Waals surface area contributed by atoms with E-state index in [9.17, 15) is 19.5 Å². The average Bonchev–Trinajstić information content (AvgIpc) is 3.41.